The van der Waals surface area contributed by atoms with Crippen LogP contribution in [0.5, 0.6) is 17.2 Å². The van der Waals surface area contributed by atoms with Crippen molar-refractivity contribution in [2.24, 2.45) is 0 Å². The zero-order chi connectivity index (χ0) is 24.1. The average Bonchev–Trinajstić information content (AvgIpc) is 3.33. The van der Waals surface area contributed by atoms with E-state index in [1.807, 2.05) is 30.3 Å². The number of carbonyl (C=O) groups is 1. The number of nitrogens with zero attached hydrogens (tertiary/aromatic N) is 4. The van der Waals surface area contributed by atoms with Gasteiger partial charge in [0.1, 0.15) is 11.4 Å². The van der Waals surface area contributed by atoms with Gasteiger partial charge in [0.2, 0.25) is 5.75 Å². The lowest BCUT2D eigenvalue weighted by molar-refractivity contribution is 0.102. The fraction of sp³-hybridized carbons (Fsp3) is 0.250. The number of benzene rings is 2. The van der Waals surface area contributed by atoms with Crippen LogP contribution in [-0.2, 0) is 6.42 Å². The minimum Gasteiger partial charge on any atom is -0.493 e. The third-order valence-electron chi connectivity index (χ3n) is 5.04. The Morgan fingerprint density at radius 2 is 1.74 bits per heavy atom. The van der Waals surface area contributed by atoms with Crippen molar-refractivity contribution in [3.63, 3.8) is 0 Å². The summed E-state index contributed by atoms with van der Waals surface area (Å²) in [5.74, 6) is 1.56. The number of aryl methyl sites for hydroxylation is 1. The van der Waals surface area contributed by atoms with Crippen molar-refractivity contribution in [2.75, 3.05) is 26.6 Å². The number of rotatable bonds is 9. The third kappa shape index (κ3) is 4.91. The predicted octanol–water partition coefficient (Wildman–Crippen LogP) is 4.51. The van der Waals surface area contributed by atoms with E-state index in [2.05, 4.69) is 27.3 Å². The molecule has 0 spiro atoms. The third-order valence-corrected chi connectivity index (χ3v) is 6.05. The number of anilines is 1. The van der Waals surface area contributed by atoms with Gasteiger partial charge < -0.3 is 19.5 Å². The number of aromatic nitrogens is 4. The van der Waals surface area contributed by atoms with Crippen molar-refractivity contribution < 1.29 is 19.0 Å². The fourth-order valence-corrected chi connectivity index (χ4v) is 4.35. The van der Waals surface area contributed by atoms with Crippen LogP contribution < -0.4 is 19.5 Å². The smallest absolute Gasteiger partial charge is 0.255 e. The van der Waals surface area contributed by atoms with E-state index in [0.717, 1.165) is 28.5 Å². The Hall–Kier alpha value is -3.79. The Labute approximate surface area is 201 Å². The molecule has 9 nitrogen and oxygen atoms in total. The highest BCUT2D eigenvalue weighted by molar-refractivity contribution is 7.99. The average molecular weight is 480 g/mol. The summed E-state index contributed by atoms with van der Waals surface area (Å²) in [5, 5.41) is 8.12. The van der Waals surface area contributed by atoms with Gasteiger partial charge in [-0.25, -0.2) is 4.98 Å². The first-order valence-electron chi connectivity index (χ1n) is 10.6. The molecule has 0 radical (unpaired) electrons. The van der Waals surface area contributed by atoms with E-state index in [1.54, 1.807) is 28.4 Å². The second kappa shape index (κ2) is 10.4. The molecule has 2 heterocycles. The van der Waals surface area contributed by atoms with E-state index in [4.69, 9.17) is 14.2 Å². The molecule has 10 heteroatoms. The second-order valence-corrected chi connectivity index (χ2v) is 8.40. The van der Waals surface area contributed by atoms with Crippen LogP contribution in [0.25, 0.3) is 5.78 Å². The van der Waals surface area contributed by atoms with E-state index in [1.165, 1.54) is 27.7 Å². The lowest BCUT2D eigenvalue weighted by Gasteiger charge is -2.14. The molecule has 1 amide bonds. The maximum absolute atomic E-state index is 12.8. The monoisotopic (exact) mass is 479 g/mol. The number of hydrogen-bond acceptors (Lipinski definition) is 8. The minimum atomic E-state index is -0.290. The van der Waals surface area contributed by atoms with Gasteiger partial charge in [0.25, 0.3) is 11.7 Å². The van der Waals surface area contributed by atoms with Gasteiger partial charge in [-0.05, 0) is 48.9 Å². The molecule has 0 saturated carbocycles. The lowest BCUT2D eigenvalue weighted by atomic mass is 10.1. The highest BCUT2D eigenvalue weighted by Crippen LogP contribution is 2.38. The molecular formula is C24H25N5O4S. The maximum Gasteiger partial charge on any atom is 0.255 e. The molecule has 0 atom stereocenters. The maximum atomic E-state index is 12.8. The van der Waals surface area contributed by atoms with Gasteiger partial charge in [0.05, 0.1) is 21.3 Å². The first-order valence-corrected chi connectivity index (χ1v) is 11.5. The minimum absolute atomic E-state index is 0.290. The Bertz CT molecular complexity index is 1280. The Balaban J connectivity index is 1.51. The molecule has 176 valence electrons. The number of fused-ring (bicyclic) bond motifs is 1. The molecular weight excluding hydrogens is 454 g/mol. The fourth-order valence-electron chi connectivity index (χ4n) is 3.43. The first-order chi connectivity index (χ1) is 16.6. The number of methoxy groups -OCH3 is 3. The topological polar surface area (TPSA) is 99.9 Å². The van der Waals surface area contributed by atoms with E-state index >= 15 is 0 Å². The van der Waals surface area contributed by atoms with Gasteiger partial charge in [-0.1, -0.05) is 25.1 Å². The number of nitrogens with one attached hydrogen (secondary N) is 1. The highest BCUT2D eigenvalue weighted by Gasteiger charge is 2.17. The van der Waals surface area contributed by atoms with E-state index < -0.39 is 0 Å². The number of hydrogen-bond donors (Lipinski definition) is 1. The molecule has 1 N–H and O–H groups in total. The van der Waals surface area contributed by atoms with Crippen molar-refractivity contribution in [1.29, 1.82) is 0 Å². The van der Waals surface area contributed by atoms with Gasteiger partial charge in [0.15, 0.2) is 11.5 Å². The van der Waals surface area contributed by atoms with Crippen molar-refractivity contribution in [1.82, 2.24) is 19.6 Å². The summed E-state index contributed by atoms with van der Waals surface area (Å²) in [6, 6.07) is 12.9. The first kappa shape index (κ1) is 23.4. The summed E-state index contributed by atoms with van der Waals surface area (Å²) in [6.07, 6.45) is 3.38. The number of amides is 1. The SMILES string of the molecule is CCCc1cc(Sc2ccc(NC(=O)c3cc(OC)c(OC)c(OC)c3)cc2)n2ncnc2n1. The normalized spacial score (nSPS) is 10.8. The van der Waals surface area contributed by atoms with Crippen LogP contribution in [0.3, 0.4) is 0 Å². The van der Waals surface area contributed by atoms with Crippen LogP contribution in [0.4, 0.5) is 5.69 Å². The van der Waals surface area contributed by atoms with Gasteiger partial charge in [-0.2, -0.15) is 14.6 Å². The largest absolute Gasteiger partial charge is 0.493 e. The van der Waals surface area contributed by atoms with Crippen LogP contribution in [0, 0.1) is 0 Å². The zero-order valence-corrected chi connectivity index (χ0v) is 20.2. The molecule has 0 aliphatic carbocycles. The molecule has 34 heavy (non-hydrogen) atoms. The summed E-state index contributed by atoms with van der Waals surface area (Å²) in [6.45, 7) is 2.12. The van der Waals surface area contributed by atoms with Crippen molar-refractivity contribution in [3.8, 4) is 17.2 Å². The summed E-state index contributed by atoms with van der Waals surface area (Å²) in [5.41, 5.74) is 2.04. The molecule has 2 aromatic heterocycles. The summed E-state index contributed by atoms with van der Waals surface area (Å²) in [4.78, 5) is 22.6. The van der Waals surface area contributed by atoms with Crippen LogP contribution in [0.15, 0.2) is 58.7 Å². The van der Waals surface area contributed by atoms with Gasteiger partial charge in [-0.3, -0.25) is 4.79 Å². The zero-order valence-electron chi connectivity index (χ0n) is 19.4. The summed E-state index contributed by atoms with van der Waals surface area (Å²) >= 11 is 1.56. The van der Waals surface area contributed by atoms with Gasteiger partial charge >= 0.3 is 0 Å². The van der Waals surface area contributed by atoms with Crippen LogP contribution in [0.2, 0.25) is 0 Å². The molecule has 0 saturated heterocycles. The summed E-state index contributed by atoms with van der Waals surface area (Å²) in [7, 11) is 4.54. The van der Waals surface area contributed by atoms with Crippen molar-refractivity contribution in [2.45, 2.75) is 29.7 Å². The molecule has 0 bridgehead atoms. The van der Waals surface area contributed by atoms with Gasteiger partial charge in [-0.15, -0.1) is 0 Å². The molecule has 4 rings (SSSR count). The van der Waals surface area contributed by atoms with Crippen LogP contribution in [0.1, 0.15) is 29.4 Å². The molecule has 0 unspecified atom stereocenters. The Kier molecular flexibility index (Phi) is 7.17. The quantitative estimate of drug-likeness (QED) is 0.350. The standard InChI is InChI=1S/C24H25N5O4S/c1-5-6-17-13-21(29-24(28-17)25-14-26-29)34-18-9-7-16(8-10-18)27-23(30)15-11-19(31-2)22(33-4)20(12-15)32-3/h7-14H,5-6H2,1-4H3,(H,27,30). The summed E-state index contributed by atoms with van der Waals surface area (Å²) < 4.78 is 17.7. The van der Waals surface area contributed by atoms with E-state index in [9.17, 15) is 4.79 Å². The van der Waals surface area contributed by atoms with Gasteiger partial charge in [0, 0.05) is 21.8 Å². The number of ether oxygens (including phenoxy) is 3. The molecule has 0 fully saturated rings. The van der Waals surface area contributed by atoms with E-state index in [0.29, 0.717) is 34.3 Å². The van der Waals surface area contributed by atoms with E-state index in [-0.39, 0.29) is 5.91 Å². The van der Waals surface area contributed by atoms with Crippen molar-refractivity contribution >= 4 is 29.1 Å². The molecule has 0 aliphatic rings. The predicted molar refractivity (Wildman–Crippen MR) is 129 cm³/mol. The molecule has 0 aliphatic heterocycles. The Morgan fingerprint density at radius 3 is 2.35 bits per heavy atom. The number of carbonyl (C=O) groups excluding carboxylic acids is 1. The van der Waals surface area contributed by atoms with Crippen molar-refractivity contribution in [3.05, 3.63) is 60.0 Å². The second-order valence-electron chi connectivity index (χ2n) is 7.30. The van der Waals surface area contributed by atoms with Crippen LogP contribution >= 0.6 is 11.8 Å². The molecule has 4 aromatic rings. The van der Waals surface area contributed by atoms with Crippen LogP contribution in [-0.4, -0.2) is 46.8 Å². The molecule has 2 aromatic carbocycles. The highest BCUT2D eigenvalue weighted by atomic mass is 32.2. The Morgan fingerprint density at radius 1 is 1.03 bits per heavy atom. The lowest BCUT2D eigenvalue weighted by Crippen LogP contribution is -2.12.